The number of carboxylic acids is 1. The maximum absolute atomic E-state index is 10.8. The van der Waals surface area contributed by atoms with Gasteiger partial charge >= 0.3 is 5.97 Å². The molecule has 0 spiro atoms. The van der Waals surface area contributed by atoms with Crippen molar-refractivity contribution >= 4 is 5.97 Å². The third-order valence-corrected chi connectivity index (χ3v) is 3.91. The van der Waals surface area contributed by atoms with Crippen LogP contribution in [-0.2, 0) is 6.54 Å². The number of aromatic carboxylic acids is 1. The Morgan fingerprint density at radius 1 is 1.42 bits per heavy atom. The van der Waals surface area contributed by atoms with Crippen LogP contribution in [0.5, 0.6) is 0 Å². The fourth-order valence-corrected chi connectivity index (χ4v) is 2.76. The number of nitrogens with zero attached hydrogens (tertiary/aromatic N) is 1. The first kappa shape index (κ1) is 12.7. The number of nitrogens with one attached hydrogen (secondary N) is 1. The standard InChI is InChI=1S/C14H20N2O3/c17-14(18)13-6-5-12(19-13)9-16(11-3-4-11)8-10-2-1-7-15-10/h5-6,10-11,15H,1-4,7-9H2,(H,17,18). The molecular weight excluding hydrogens is 244 g/mol. The molecule has 2 N–H and O–H groups in total. The Hall–Kier alpha value is -1.33. The van der Waals surface area contributed by atoms with Crippen LogP contribution in [0, 0.1) is 0 Å². The molecule has 0 aromatic carbocycles. The lowest BCUT2D eigenvalue weighted by atomic mass is 10.2. The molecule has 2 heterocycles. The number of hydrogen-bond acceptors (Lipinski definition) is 4. The van der Waals surface area contributed by atoms with Gasteiger partial charge in [0, 0.05) is 18.6 Å². The van der Waals surface area contributed by atoms with E-state index < -0.39 is 5.97 Å². The molecule has 1 saturated heterocycles. The monoisotopic (exact) mass is 264 g/mol. The van der Waals surface area contributed by atoms with Crippen LogP contribution in [0.25, 0.3) is 0 Å². The Kier molecular flexibility index (Phi) is 3.57. The van der Waals surface area contributed by atoms with Crippen LogP contribution in [0.1, 0.15) is 42.0 Å². The molecule has 2 fully saturated rings. The number of furan rings is 1. The lowest BCUT2D eigenvalue weighted by Crippen LogP contribution is -2.38. The van der Waals surface area contributed by atoms with E-state index >= 15 is 0 Å². The van der Waals surface area contributed by atoms with Crippen molar-refractivity contribution in [1.29, 1.82) is 0 Å². The third kappa shape index (κ3) is 3.16. The molecule has 1 aliphatic heterocycles. The smallest absolute Gasteiger partial charge is 0.371 e. The minimum absolute atomic E-state index is 0.0322. The van der Waals surface area contributed by atoms with Crippen LogP contribution in [0.2, 0.25) is 0 Å². The van der Waals surface area contributed by atoms with E-state index in [1.165, 1.54) is 31.7 Å². The highest BCUT2D eigenvalue weighted by molar-refractivity contribution is 5.84. The quantitative estimate of drug-likeness (QED) is 0.818. The topological polar surface area (TPSA) is 65.7 Å². The van der Waals surface area contributed by atoms with Gasteiger partial charge in [0.1, 0.15) is 5.76 Å². The van der Waals surface area contributed by atoms with Crippen LogP contribution in [0.3, 0.4) is 0 Å². The summed E-state index contributed by atoms with van der Waals surface area (Å²) in [6.45, 7) is 2.87. The molecule has 0 bridgehead atoms. The van der Waals surface area contributed by atoms with Gasteiger partial charge in [-0.3, -0.25) is 4.90 Å². The first-order chi connectivity index (χ1) is 9.22. The molecule has 1 aliphatic carbocycles. The van der Waals surface area contributed by atoms with Crippen molar-refractivity contribution in [2.45, 2.75) is 44.3 Å². The molecule has 1 atom stereocenters. The number of carboxylic acid groups (broad SMARTS) is 1. The highest BCUT2D eigenvalue weighted by Gasteiger charge is 2.31. The summed E-state index contributed by atoms with van der Waals surface area (Å²) in [5.74, 6) is -0.214. The summed E-state index contributed by atoms with van der Waals surface area (Å²) < 4.78 is 5.36. The molecule has 1 aromatic heterocycles. The first-order valence-electron chi connectivity index (χ1n) is 7.02. The van der Waals surface area contributed by atoms with Crippen LogP contribution in [0.4, 0.5) is 0 Å². The van der Waals surface area contributed by atoms with Crippen molar-refractivity contribution in [2.75, 3.05) is 13.1 Å². The molecule has 1 saturated carbocycles. The first-order valence-corrected chi connectivity index (χ1v) is 7.02. The van der Waals surface area contributed by atoms with Gasteiger partial charge in [0.15, 0.2) is 0 Å². The summed E-state index contributed by atoms with van der Waals surface area (Å²) >= 11 is 0. The number of rotatable bonds is 6. The van der Waals surface area contributed by atoms with E-state index in [-0.39, 0.29) is 5.76 Å². The summed E-state index contributed by atoms with van der Waals surface area (Å²) in [5, 5.41) is 12.4. The van der Waals surface area contributed by atoms with E-state index in [2.05, 4.69) is 10.2 Å². The number of carbonyl (C=O) groups is 1. The van der Waals surface area contributed by atoms with Crippen LogP contribution < -0.4 is 5.32 Å². The van der Waals surface area contributed by atoms with Crippen molar-refractivity contribution in [3.63, 3.8) is 0 Å². The summed E-state index contributed by atoms with van der Waals surface area (Å²) in [6.07, 6.45) is 4.99. The van der Waals surface area contributed by atoms with E-state index in [1.807, 2.05) is 0 Å². The zero-order chi connectivity index (χ0) is 13.2. The predicted molar refractivity (Wildman–Crippen MR) is 70.1 cm³/mol. The van der Waals surface area contributed by atoms with Crippen molar-refractivity contribution in [2.24, 2.45) is 0 Å². The lowest BCUT2D eigenvalue weighted by molar-refractivity contribution is 0.0658. The maximum atomic E-state index is 10.8. The molecule has 0 amide bonds. The molecule has 1 unspecified atom stereocenters. The Morgan fingerprint density at radius 2 is 2.26 bits per heavy atom. The summed E-state index contributed by atoms with van der Waals surface area (Å²) in [6, 6.07) is 4.55. The van der Waals surface area contributed by atoms with Gasteiger partial charge in [-0.2, -0.15) is 0 Å². The number of hydrogen-bond donors (Lipinski definition) is 2. The predicted octanol–water partition coefficient (Wildman–Crippen LogP) is 1.69. The largest absolute Gasteiger partial charge is 0.475 e. The van der Waals surface area contributed by atoms with Crippen molar-refractivity contribution in [3.8, 4) is 0 Å². The van der Waals surface area contributed by atoms with Gasteiger partial charge in [-0.05, 0) is 44.4 Å². The van der Waals surface area contributed by atoms with E-state index in [4.69, 9.17) is 9.52 Å². The highest BCUT2D eigenvalue weighted by Crippen LogP contribution is 2.29. The average Bonchev–Trinajstić information content (AvgIpc) is 2.90. The van der Waals surface area contributed by atoms with Crippen molar-refractivity contribution < 1.29 is 14.3 Å². The van der Waals surface area contributed by atoms with Gasteiger partial charge in [0.05, 0.1) is 6.54 Å². The van der Waals surface area contributed by atoms with Crippen LogP contribution in [0.15, 0.2) is 16.5 Å². The molecule has 2 aliphatic rings. The van der Waals surface area contributed by atoms with E-state index in [1.54, 1.807) is 6.07 Å². The SMILES string of the molecule is O=C(O)c1ccc(CN(CC2CCCN2)C2CC2)o1. The van der Waals surface area contributed by atoms with Gasteiger partial charge in [0.2, 0.25) is 5.76 Å². The average molecular weight is 264 g/mol. The minimum atomic E-state index is -0.998. The van der Waals surface area contributed by atoms with Crippen LogP contribution >= 0.6 is 0 Å². The second-order valence-corrected chi connectivity index (χ2v) is 5.53. The normalized spacial score (nSPS) is 23.1. The fourth-order valence-electron chi connectivity index (χ4n) is 2.76. The van der Waals surface area contributed by atoms with Crippen molar-refractivity contribution in [3.05, 3.63) is 23.7 Å². The summed E-state index contributed by atoms with van der Waals surface area (Å²) in [7, 11) is 0. The maximum Gasteiger partial charge on any atom is 0.371 e. The van der Waals surface area contributed by atoms with Gasteiger partial charge in [-0.25, -0.2) is 4.79 Å². The Labute approximate surface area is 112 Å². The van der Waals surface area contributed by atoms with E-state index in [9.17, 15) is 4.79 Å². The van der Waals surface area contributed by atoms with E-state index in [0.717, 1.165) is 25.4 Å². The highest BCUT2D eigenvalue weighted by atomic mass is 16.4. The molecular formula is C14H20N2O3. The van der Waals surface area contributed by atoms with Crippen LogP contribution in [-0.4, -0.2) is 41.1 Å². The zero-order valence-corrected chi connectivity index (χ0v) is 11.0. The minimum Gasteiger partial charge on any atom is -0.475 e. The molecule has 19 heavy (non-hydrogen) atoms. The molecule has 5 nitrogen and oxygen atoms in total. The Bertz CT molecular complexity index is 447. The third-order valence-electron chi connectivity index (χ3n) is 3.91. The molecule has 0 radical (unpaired) electrons. The van der Waals surface area contributed by atoms with Gasteiger partial charge in [-0.1, -0.05) is 0 Å². The Morgan fingerprint density at radius 3 is 2.84 bits per heavy atom. The fraction of sp³-hybridized carbons (Fsp3) is 0.643. The zero-order valence-electron chi connectivity index (χ0n) is 11.0. The van der Waals surface area contributed by atoms with E-state index in [0.29, 0.717) is 12.1 Å². The second-order valence-electron chi connectivity index (χ2n) is 5.53. The molecule has 3 rings (SSSR count). The lowest BCUT2D eigenvalue weighted by Gasteiger charge is -2.24. The second kappa shape index (κ2) is 5.35. The molecule has 1 aromatic rings. The summed E-state index contributed by atoms with van der Waals surface area (Å²) in [5.41, 5.74) is 0. The summed E-state index contributed by atoms with van der Waals surface area (Å²) in [4.78, 5) is 13.2. The van der Waals surface area contributed by atoms with Gasteiger partial charge in [0.25, 0.3) is 0 Å². The van der Waals surface area contributed by atoms with Gasteiger partial charge in [-0.15, -0.1) is 0 Å². The Balaban J connectivity index is 1.61. The van der Waals surface area contributed by atoms with Gasteiger partial charge < -0.3 is 14.8 Å². The van der Waals surface area contributed by atoms with Crippen molar-refractivity contribution in [1.82, 2.24) is 10.2 Å². The molecule has 5 heteroatoms. The molecule has 104 valence electrons.